The van der Waals surface area contributed by atoms with Crippen LogP contribution >= 0.6 is 37.2 Å². The Morgan fingerprint density at radius 3 is 0.713 bits per heavy atom. The summed E-state index contributed by atoms with van der Waals surface area (Å²) in [5.74, 6) is -2.50. The SMILES string of the molecule is CCCCCCCCCCCCCCCCCC(=O)OC[C@H](COP(=O)(O)OCC(CO)NC(=O)CCSSCCC(=O)NC(CO)COP(=O)(O)OC[C@@H](COC(=O)CCCCCCCCCCCCC)OC(=O)CCCCCCCCCCCCC)OC(=O)CCCCCCCCCCCCCCCCC. The first-order valence-corrected chi connectivity index (χ1v) is 48.9. The number of unbranched alkanes of at least 4 members (excludes halogenated alkanes) is 48. The fraction of sp³-hybridized carbons (Fsp3) is 0.927. The summed E-state index contributed by atoms with van der Waals surface area (Å²) in [5, 5.41) is 25.1. The van der Waals surface area contributed by atoms with Gasteiger partial charge in [-0.25, -0.2) is 9.13 Å². The summed E-state index contributed by atoms with van der Waals surface area (Å²) >= 11 is 0. The van der Waals surface area contributed by atoms with Gasteiger partial charge in [0.15, 0.2) is 12.2 Å². The number of hydrogen-bond acceptors (Lipinski definition) is 20. The van der Waals surface area contributed by atoms with Crippen molar-refractivity contribution in [2.75, 3.05) is 64.4 Å². The zero-order valence-electron chi connectivity index (χ0n) is 68.4. The largest absolute Gasteiger partial charge is 0.472 e. The van der Waals surface area contributed by atoms with Gasteiger partial charge in [-0.15, -0.1) is 0 Å². The smallest absolute Gasteiger partial charge is 0.462 e. The molecule has 0 aliphatic rings. The average Bonchev–Trinajstić information content (AvgIpc) is 0.905. The molecule has 638 valence electrons. The van der Waals surface area contributed by atoms with Gasteiger partial charge in [0.05, 0.1) is 51.7 Å². The molecule has 0 rings (SSSR count). The second kappa shape index (κ2) is 78.5. The van der Waals surface area contributed by atoms with Gasteiger partial charge in [-0.05, 0) is 25.7 Å². The van der Waals surface area contributed by atoms with Gasteiger partial charge >= 0.3 is 39.5 Å². The molecule has 2 amide bonds. The van der Waals surface area contributed by atoms with Gasteiger partial charge in [0.2, 0.25) is 11.8 Å². The number of aliphatic hydroxyl groups excluding tert-OH is 2. The summed E-state index contributed by atoms with van der Waals surface area (Å²) in [4.78, 5) is 98.5. The molecule has 0 aromatic carbocycles. The molecule has 0 heterocycles. The van der Waals surface area contributed by atoms with Gasteiger partial charge in [-0.1, -0.05) is 357 Å². The molecule has 0 aromatic heterocycles. The molecular formula is C82H158N2O20P2S2. The van der Waals surface area contributed by atoms with Crippen LogP contribution in [0.3, 0.4) is 0 Å². The highest BCUT2D eigenvalue weighted by Gasteiger charge is 2.30. The summed E-state index contributed by atoms with van der Waals surface area (Å²) in [6.07, 6.45) is 58.4. The van der Waals surface area contributed by atoms with E-state index in [4.69, 9.17) is 37.0 Å². The third-order valence-corrected chi connectivity index (χ3v) is 23.5. The molecule has 0 saturated heterocycles. The van der Waals surface area contributed by atoms with Crippen LogP contribution in [0.4, 0.5) is 0 Å². The molecule has 0 fully saturated rings. The van der Waals surface area contributed by atoms with Gasteiger partial charge in [0.25, 0.3) is 0 Å². The standard InChI is InChI=1S/C82H158N2O20P2S2/c1-5-9-13-17-21-25-29-31-33-35-39-42-46-50-54-58-80(90)98-70-76(104-82(92)60-56-52-48-44-40-36-34-32-30-26-22-18-14-10-6-2)72-102-106(95,96)100-68-74(66-86)84-78(88)62-64-108-107-63-61-77(87)83-73(65-85)67-99-105(93,94)101-71-75(103-81(91)59-55-51-47-43-38-28-24-20-16-12-8-4)69-97-79(89)57-53-49-45-41-37-27-23-19-15-11-7-3/h73-76,85-86H,5-72H2,1-4H3,(H,83,87)(H,84,88)(H,93,94)(H,95,96)/t73?,74?,75-,76-/m1/s1. The maximum atomic E-state index is 13.1. The van der Waals surface area contributed by atoms with Gasteiger partial charge in [0, 0.05) is 50.0 Å². The van der Waals surface area contributed by atoms with Crippen LogP contribution in [0.5, 0.6) is 0 Å². The molecule has 6 atom stereocenters. The first-order chi connectivity index (χ1) is 52.4. The van der Waals surface area contributed by atoms with Crippen molar-refractivity contribution >= 4 is 72.9 Å². The predicted octanol–water partition coefficient (Wildman–Crippen LogP) is 21.2. The van der Waals surface area contributed by atoms with Crippen molar-refractivity contribution in [3.05, 3.63) is 0 Å². The Kier molecular flexibility index (Phi) is 76.8. The van der Waals surface area contributed by atoms with Crippen LogP contribution in [0.25, 0.3) is 0 Å². The van der Waals surface area contributed by atoms with Crippen molar-refractivity contribution in [2.45, 2.75) is 424 Å². The summed E-state index contributed by atoms with van der Waals surface area (Å²) in [5.41, 5.74) is 0. The zero-order valence-corrected chi connectivity index (χ0v) is 71.8. The molecule has 4 unspecified atom stereocenters. The third kappa shape index (κ3) is 75.0. The van der Waals surface area contributed by atoms with Crippen molar-refractivity contribution in [1.29, 1.82) is 0 Å². The van der Waals surface area contributed by atoms with Crippen LogP contribution in [-0.2, 0) is 74.9 Å². The van der Waals surface area contributed by atoms with Crippen molar-refractivity contribution < 1.29 is 94.9 Å². The average molecular weight is 1620 g/mol. The van der Waals surface area contributed by atoms with Crippen LogP contribution in [-0.4, -0.2) is 144 Å². The molecule has 6 N–H and O–H groups in total. The molecule has 0 aromatic rings. The maximum Gasteiger partial charge on any atom is 0.472 e. The third-order valence-electron chi connectivity index (χ3n) is 19.2. The van der Waals surface area contributed by atoms with Crippen molar-refractivity contribution in [3.63, 3.8) is 0 Å². The van der Waals surface area contributed by atoms with Gasteiger partial charge < -0.3 is 49.6 Å². The summed E-state index contributed by atoms with van der Waals surface area (Å²) < 4.78 is 69.0. The van der Waals surface area contributed by atoms with E-state index in [1.807, 2.05) is 0 Å². The molecule has 0 saturated carbocycles. The zero-order chi connectivity index (χ0) is 79.3. The second-order valence-electron chi connectivity index (χ2n) is 29.7. The number of carbonyl (C=O) groups excluding carboxylic acids is 6. The number of amides is 2. The van der Waals surface area contributed by atoms with Gasteiger partial charge in [0.1, 0.15) is 13.2 Å². The maximum absolute atomic E-state index is 13.1. The molecule has 0 spiro atoms. The molecule has 22 nitrogen and oxygen atoms in total. The molecule has 0 aliphatic heterocycles. The Morgan fingerprint density at radius 2 is 0.491 bits per heavy atom. The minimum absolute atomic E-state index is 0.0291. The van der Waals surface area contributed by atoms with E-state index in [1.165, 1.54) is 240 Å². The number of carbonyl (C=O) groups is 6. The molecule has 0 bridgehead atoms. The van der Waals surface area contributed by atoms with Gasteiger partial charge in [-0.2, -0.15) is 0 Å². The predicted molar refractivity (Wildman–Crippen MR) is 439 cm³/mol. The number of rotatable bonds is 85. The Hall–Kier alpha value is -2.34. The van der Waals surface area contributed by atoms with Crippen molar-refractivity contribution in [3.8, 4) is 0 Å². The Morgan fingerprint density at radius 1 is 0.287 bits per heavy atom. The number of phosphoric ester groups is 2. The highest BCUT2D eigenvalue weighted by Crippen LogP contribution is 2.44. The lowest BCUT2D eigenvalue weighted by molar-refractivity contribution is -0.161. The Labute approximate surface area is 663 Å². The summed E-state index contributed by atoms with van der Waals surface area (Å²) in [7, 11) is -7.14. The van der Waals surface area contributed by atoms with Crippen LogP contribution in [0.15, 0.2) is 0 Å². The molecular weight excluding hydrogens is 1460 g/mol. The molecule has 0 radical (unpaired) electrons. The normalized spacial score (nSPS) is 13.8. The van der Waals surface area contributed by atoms with Gasteiger partial charge in [-0.3, -0.25) is 46.9 Å². The lowest BCUT2D eigenvalue weighted by Gasteiger charge is -2.21. The van der Waals surface area contributed by atoms with E-state index in [0.717, 1.165) is 89.9 Å². The quantitative estimate of drug-likeness (QED) is 0.0108. The van der Waals surface area contributed by atoms with E-state index < -0.39 is 115 Å². The topological polar surface area (TPSA) is 315 Å². The summed E-state index contributed by atoms with van der Waals surface area (Å²) in [6, 6.07) is -2.19. The minimum Gasteiger partial charge on any atom is -0.462 e. The Balaban J connectivity index is 5.08. The summed E-state index contributed by atoms with van der Waals surface area (Å²) in [6.45, 7) is 4.37. The van der Waals surface area contributed by atoms with Crippen LogP contribution in [0.1, 0.15) is 400 Å². The number of aliphatic hydroxyl groups is 2. The van der Waals surface area contributed by atoms with E-state index in [9.17, 15) is 57.9 Å². The lowest BCUT2D eigenvalue weighted by Crippen LogP contribution is -2.41. The minimum atomic E-state index is -4.86. The molecule has 0 aliphatic carbocycles. The number of esters is 4. The second-order valence-corrected chi connectivity index (χ2v) is 35.3. The highest BCUT2D eigenvalue weighted by atomic mass is 33.1. The number of hydrogen-bond donors (Lipinski definition) is 6. The first-order valence-electron chi connectivity index (χ1n) is 43.4. The lowest BCUT2D eigenvalue weighted by atomic mass is 10.0. The van der Waals surface area contributed by atoms with E-state index in [1.54, 1.807) is 0 Å². The van der Waals surface area contributed by atoms with Crippen LogP contribution in [0, 0.1) is 0 Å². The van der Waals surface area contributed by atoms with Crippen molar-refractivity contribution in [2.24, 2.45) is 0 Å². The first kappa shape index (κ1) is 106. The molecule has 108 heavy (non-hydrogen) atoms. The highest BCUT2D eigenvalue weighted by molar-refractivity contribution is 8.76. The van der Waals surface area contributed by atoms with Crippen LogP contribution in [0.2, 0.25) is 0 Å². The number of phosphoric acid groups is 2. The van der Waals surface area contributed by atoms with E-state index in [0.29, 0.717) is 25.7 Å². The van der Waals surface area contributed by atoms with Crippen molar-refractivity contribution in [1.82, 2.24) is 10.6 Å². The fourth-order valence-electron chi connectivity index (χ4n) is 12.5. The van der Waals surface area contributed by atoms with E-state index >= 15 is 0 Å². The Bertz CT molecular complexity index is 2210. The van der Waals surface area contributed by atoms with E-state index in [2.05, 4.69) is 38.3 Å². The fourth-order valence-corrected chi connectivity index (χ4v) is 16.0. The monoisotopic (exact) mass is 1620 g/mol. The van der Waals surface area contributed by atoms with Crippen LogP contribution < -0.4 is 10.6 Å². The molecule has 26 heteroatoms. The van der Waals surface area contributed by atoms with E-state index in [-0.39, 0.29) is 63.2 Å². The number of ether oxygens (including phenoxy) is 4. The number of nitrogens with one attached hydrogen (secondary N) is 2.